The first-order valence-corrected chi connectivity index (χ1v) is 8.48. The van der Waals surface area contributed by atoms with E-state index in [9.17, 15) is 0 Å². The molecule has 1 N–H and O–H groups in total. The zero-order valence-electron chi connectivity index (χ0n) is 13.0. The van der Waals surface area contributed by atoms with Crippen molar-refractivity contribution in [3.05, 3.63) is 76.4 Å². The number of nitrogens with one attached hydrogen (secondary N) is 1. The summed E-state index contributed by atoms with van der Waals surface area (Å²) >= 11 is 1.67. The summed E-state index contributed by atoms with van der Waals surface area (Å²) in [6.45, 7) is 0. The van der Waals surface area contributed by atoms with Crippen LogP contribution in [0, 0.1) is 0 Å². The van der Waals surface area contributed by atoms with Gasteiger partial charge in [0.1, 0.15) is 11.9 Å². The second kappa shape index (κ2) is 6.33. The normalized spacial score (nSPS) is 16.6. The van der Waals surface area contributed by atoms with Crippen LogP contribution >= 0.6 is 11.3 Å². The molecule has 0 fully saturated rings. The quantitative estimate of drug-likeness (QED) is 0.782. The predicted octanol–water partition coefficient (Wildman–Crippen LogP) is 3.38. The number of aromatic nitrogens is 2. The summed E-state index contributed by atoms with van der Waals surface area (Å²) < 4.78 is 0. The molecule has 0 spiro atoms. The lowest BCUT2D eigenvalue weighted by Gasteiger charge is -2.13. The molecule has 0 radical (unpaired) electrons. The maximum Gasteiger partial charge on any atom is 0.163 e. The fourth-order valence-corrected chi connectivity index (χ4v) is 3.44. The lowest BCUT2D eigenvalue weighted by atomic mass is 10.0. The minimum atomic E-state index is -0.181. The molecule has 1 aliphatic rings. The standard InChI is InChI=1S/C18H15N5S/c1-19-18-16(14-7-4-10-24-14)22-15(12-5-2-8-20-11-12)13-6-3-9-21-17(13)23-18/h2-11,16H,1H3,(H,19,21,23). The van der Waals surface area contributed by atoms with Crippen LogP contribution in [0.5, 0.6) is 0 Å². The van der Waals surface area contributed by atoms with Crippen LogP contribution in [-0.4, -0.2) is 28.6 Å². The van der Waals surface area contributed by atoms with Gasteiger partial charge in [0.2, 0.25) is 0 Å². The minimum absolute atomic E-state index is 0.181. The number of pyridine rings is 2. The SMILES string of the molecule is CNC1=Nc2ncccc2C(c2cccnc2)=NC1c1cccs1. The first-order valence-electron chi connectivity index (χ1n) is 7.60. The van der Waals surface area contributed by atoms with Crippen molar-refractivity contribution in [1.82, 2.24) is 15.3 Å². The van der Waals surface area contributed by atoms with Crippen LogP contribution in [0.2, 0.25) is 0 Å². The van der Waals surface area contributed by atoms with Crippen molar-refractivity contribution in [3.8, 4) is 0 Å². The van der Waals surface area contributed by atoms with Gasteiger partial charge in [-0.2, -0.15) is 0 Å². The highest BCUT2D eigenvalue weighted by atomic mass is 32.1. The van der Waals surface area contributed by atoms with E-state index in [0.717, 1.165) is 27.6 Å². The van der Waals surface area contributed by atoms with Gasteiger partial charge < -0.3 is 5.32 Å². The third-order valence-corrected chi connectivity index (χ3v) is 4.71. The van der Waals surface area contributed by atoms with E-state index in [0.29, 0.717) is 5.82 Å². The molecule has 4 rings (SSSR count). The van der Waals surface area contributed by atoms with Crippen LogP contribution in [0.1, 0.15) is 22.0 Å². The molecule has 6 heteroatoms. The van der Waals surface area contributed by atoms with Crippen molar-refractivity contribution in [2.75, 3.05) is 7.05 Å². The van der Waals surface area contributed by atoms with Crippen LogP contribution in [0.15, 0.2) is 70.4 Å². The average molecular weight is 333 g/mol. The summed E-state index contributed by atoms with van der Waals surface area (Å²) in [4.78, 5) is 19.6. The molecular formula is C18H15N5S. The van der Waals surface area contributed by atoms with Crippen LogP contribution in [0.4, 0.5) is 5.82 Å². The zero-order valence-corrected chi connectivity index (χ0v) is 13.9. The molecule has 118 valence electrons. The first kappa shape index (κ1) is 14.7. The fourth-order valence-electron chi connectivity index (χ4n) is 2.68. The second-order valence-corrected chi connectivity index (χ2v) is 6.24. The van der Waals surface area contributed by atoms with E-state index < -0.39 is 0 Å². The summed E-state index contributed by atoms with van der Waals surface area (Å²) in [7, 11) is 1.87. The molecule has 3 aromatic rings. The summed E-state index contributed by atoms with van der Waals surface area (Å²) in [6.07, 6.45) is 5.34. The Hall–Kier alpha value is -2.86. The van der Waals surface area contributed by atoms with Gasteiger partial charge in [0, 0.05) is 41.6 Å². The average Bonchev–Trinajstić information content (AvgIpc) is 3.11. The number of hydrogen-bond acceptors (Lipinski definition) is 6. The maximum absolute atomic E-state index is 5.04. The number of amidine groups is 1. The van der Waals surface area contributed by atoms with Gasteiger partial charge in [0.25, 0.3) is 0 Å². The number of aliphatic imine (C=N–C) groups is 2. The van der Waals surface area contributed by atoms with E-state index in [1.165, 1.54) is 0 Å². The van der Waals surface area contributed by atoms with E-state index in [-0.39, 0.29) is 6.04 Å². The van der Waals surface area contributed by atoms with Crippen LogP contribution in [0.3, 0.4) is 0 Å². The summed E-state index contributed by atoms with van der Waals surface area (Å²) in [5, 5.41) is 5.24. The summed E-state index contributed by atoms with van der Waals surface area (Å²) in [5.74, 6) is 1.46. The van der Waals surface area contributed by atoms with Crippen molar-refractivity contribution < 1.29 is 0 Å². The van der Waals surface area contributed by atoms with Crippen molar-refractivity contribution in [1.29, 1.82) is 0 Å². The van der Waals surface area contributed by atoms with Crippen LogP contribution in [-0.2, 0) is 0 Å². The summed E-state index contributed by atoms with van der Waals surface area (Å²) in [5.41, 5.74) is 2.73. The number of nitrogens with zero attached hydrogens (tertiary/aromatic N) is 4. The Kier molecular flexibility index (Phi) is 3.88. The van der Waals surface area contributed by atoms with E-state index >= 15 is 0 Å². The van der Waals surface area contributed by atoms with E-state index in [2.05, 4.69) is 26.7 Å². The highest BCUT2D eigenvalue weighted by Crippen LogP contribution is 2.31. The molecule has 3 aromatic heterocycles. The number of fused-ring (bicyclic) bond motifs is 1. The Bertz CT molecular complexity index is 900. The second-order valence-electron chi connectivity index (χ2n) is 5.26. The highest BCUT2D eigenvalue weighted by Gasteiger charge is 2.25. The van der Waals surface area contributed by atoms with Crippen molar-refractivity contribution in [2.45, 2.75) is 6.04 Å². The van der Waals surface area contributed by atoms with Gasteiger partial charge in [-0.05, 0) is 35.7 Å². The molecular weight excluding hydrogens is 318 g/mol. The van der Waals surface area contributed by atoms with Crippen molar-refractivity contribution >= 4 is 28.7 Å². The fraction of sp³-hybridized carbons (Fsp3) is 0.111. The zero-order chi connectivity index (χ0) is 16.4. The Morgan fingerprint density at radius 1 is 1.08 bits per heavy atom. The van der Waals surface area contributed by atoms with Crippen molar-refractivity contribution in [2.24, 2.45) is 9.98 Å². The van der Waals surface area contributed by atoms with Gasteiger partial charge in [-0.25, -0.2) is 9.98 Å². The van der Waals surface area contributed by atoms with Gasteiger partial charge in [-0.1, -0.05) is 6.07 Å². The molecule has 0 aliphatic carbocycles. The maximum atomic E-state index is 5.04. The molecule has 1 unspecified atom stereocenters. The van der Waals surface area contributed by atoms with Crippen LogP contribution < -0.4 is 5.32 Å². The number of hydrogen-bond donors (Lipinski definition) is 1. The Morgan fingerprint density at radius 2 is 2.00 bits per heavy atom. The molecule has 1 atom stereocenters. The first-order chi connectivity index (χ1) is 11.9. The van der Waals surface area contributed by atoms with Gasteiger partial charge in [0.15, 0.2) is 5.82 Å². The molecule has 0 bridgehead atoms. The third-order valence-electron chi connectivity index (χ3n) is 3.79. The molecule has 24 heavy (non-hydrogen) atoms. The smallest absolute Gasteiger partial charge is 0.163 e. The molecule has 5 nitrogen and oxygen atoms in total. The lowest BCUT2D eigenvalue weighted by molar-refractivity contribution is 0.927. The van der Waals surface area contributed by atoms with E-state index in [1.807, 2.05) is 43.6 Å². The molecule has 4 heterocycles. The minimum Gasteiger partial charge on any atom is -0.374 e. The lowest BCUT2D eigenvalue weighted by Crippen LogP contribution is -2.24. The largest absolute Gasteiger partial charge is 0.374 e. The molecule has 0 saturated carbocycles. The number of rotatable bonds is 2. The molecule has 0 saturated heterocycles. The van der Waals surface area contributed by atoms with Gasteiger partial charge in [0.05, 0.1) is 5.71 Å². The van der Waals surface area contributed by atoms with Gasteiger partial charge in [-0.3, -0.25) is 9.98 Å². The van der Waals surface area contributed by atoms with Gasteiger partial charge >= 0.3 is 0 Å². The predicted molar refractivity (Wildman–Crippen MR) is 97.3 cm³/mol. The highest BCUT2D eigenvalue weighted by molar-refractivity contribution is 7.10. The Balaban J connectivity index is 1.96. The van der Waals surface area contributed by atoms with Crippen molar-refractivity contribution in [3.63, 3.8) is 0 Å². The summed E-state index contributed by atoms with van der Waals surface area (Å²) in [6, 6.07) is 11.8. The van der Waals surface area contributed by atoms with Gasteiger partial charge in [-0.15, -0.1) is 11.3 Å². The molecule has 0 aromatic carbocycles. The van der Waals surface area contributed by atoms with E-state index in [4.69, 9.17) is 9.98 Å². The topological polar surface area (TPSA) is 62.5 Å². The van der Waals surface area contributed by atoms with Crippen LogP contribution in [0.25, 0.3) is 0 Å². The number of likely N-dealkylation sites (N-methyl/N-ethyl adjacent to an activating group) is 1. The Morgan fingerprint density at radius 3 is 2.75 bits per heavy atom. The van der Waals surface area contributed by atoms with E-state index in [1.54, 1.807) is 23.7 Å². The number of thiophene rings is 1. The Labute approximate surface area is 143 Å². The molecule has 1 aliphatic heterocycles. The third kappa shape index (κ3) is 2.61. The monoisotopic (exact) mass is 333 g/mol. The molecule has 0 amide bonds.